The van der Waals surface area contributed by atoms with Gasteiger partial charge in [0.15, 0.2) is 0 Å². The summed E-state index contributed by atoms with van der Waals surface area (Å²) < 4.78 is 5.60. The Morgan fingerprint density at radius 3 is 2.33 bits per heavy atom. The first-order valence-corrected chi connectivity index (χ1v) is 6.33. The van der Waals surface area contributed by atoms with Crippen LogP contribution in [0.3, 0.4) is 0 Å². The molecule has 0 bridgehead atoms. The smallest absolute Gasteiger partial charge is 0.120 e. The average Bonchev–Trinajstić information content (AvgIpc) is 2.36. The molecule has 0 aliphatic rings. The zero-order valence-electron chi connectivity index (χ0n) is 9.70. The molecule has 2 rings (SSSR count). The van der Waals surface area contributed by atoms with Gasteiger partial charge in [0, 0.05) is 18.2 Å². The van der Waals surface area contributed by atoms with Crippen LogP contribution >= 0.6 is 23.2 Å². The monoisotopic (exact) mass is 281 g/mol. The minimum absolute atomic E-state index is 0.502. The van der Waals surface area contributed by atoms with E-state index in [1.807, 2.05) is 24.3 Å². The molecule has 4 heteroatoms. The Morgan fingerprint density at radius 2 is 1.67 bits per heavy atom. The van der Waals surface area contributed by atoms with Crippen LogP contribution in [-0.4, -0.2) is 6.61 Å². The molecule has 0 atom stereocenters. The molecule has 0 spiro atoms. The molecule has 2 N–H and O–H groups in total. The minimum Gasteiger partial charge on any atom is -0.493 e. The van der Waals surface area contributed by atoms with Crippen molar-refractivity contribution in [3.8, 4) is 5.75 Å². The molecule has 0 heterocycles. The Balaban J connectivity index is 1.88. The van der Waals surface area contributed by atoms with Gasteiger partial charge in [0.2, 0.25) is 0 Å². The van der Waals surface area contributed by atoms with Crippen LogP contribution in [0.4, 0.5) is 5.69 Å². The molecule has 0 amide bonds. The van der Waals surface area contributed by atoms with Gasteiger partial charge in [0.05, 0.1) is 16.7 Å². The van der Waals surface area contributed by atoms with Crippen molar-refractivity contribution in [1.82, 2.24) is 0 Å². The van der Waals surface area contributed by atoms with Gasteiger partial charge in [-0.3, -0.25) is 0 Å². The van der Waals surface area contributed by atoms with Crippen molar-refractivity contribution in [3.63, 3.8) is 0 Å². The van der Waals surface area contributed by atoms with Crippen LogP contribution in [0.1, 0.15) is 5.56 Å². The zero-order valence-corrected chi connectivity index (χ0v) is 11.2. The normalized spacial score (nSPS) is 10.3. The summed E-state index contributed by atoms with van der Waals surface area (Å²) in [7, 11) is 0. The number of hydrogen-bond donors (Lipinski definition) is 1. The first-order valence-electron chi connectivity index (χ1n) is 5.57. The first kappa shape index (κ1) is 13.1. The van der Waals surface area contributed by atoms with Crippen LogP contribution < -0.4 is 10.5 Å². The molecule has 2 aromatic rings. The van der Waals surface area contributed by atoms with Crippen molar-refractivity contribution in [3.05, 3.63) is 58.1 Å². The number of ether oxygens (including phenoxy) is 1. The topological polar surface area (TPSA) is 35.2 Å². The van der Waals surface area contributed by atoms with E-state index in [2.05, 4.69) is 0 Å². The molecule has 0 fully saturated rings. The third-order valence-electron chi connectivity index (χ3n) is 2.53. The fourth-order valence-electron chi connectivity index (χ4n) is 1.54. The second-order valence-corrected chi connectivity index (χ2v) is 4.73. The molecular weight excluding hydrogens is 269 g/mol. The summed E-state index contributed by atoms with van der Waals surface area (Å²) in [5.74, 6) is 0.722. The van der Waals surface area contributed by atoms with Crippen molar-refractivity contribution >= 4 is 28.9 Å². The summed E-state index contributed by atoms with van der Waals surface area (Å²) in [4.78, 5) is 0. The van der Waals surface area contributed by atoms with Crippen molar-refractivity contribution in [2.45, 2.75) is 6.42 Å². The molecule has 0 aromatic heterocycles. The third-order valence-corrected chi connectivity index (χ3v) is 3.27. The zero-order chi connectivity index (χ0) is 13.0. The van der Waals surface area contributed by atoms with Gasteiger partial charge < -0.3 is 10.5 Å². The number of rotatable bonds is 4. The molecule has 94 valence electrons. The highest BCUT2D eigenvalue weighted by atomic mass is 35.5. The van der Waals surface area contributed by atoms with Gasteiger partial charge >= 0.3 is 0 Å². The molecule has 0 saturated carbocycles. The van der Waals surface area contributed by atoms with E-state index in [4.69, 9.17) is 33.7 Å². The van der Waals surface area contributed by atoms with E-state index in [1.54, 1.807) is 18.2 Å². The molecule has 18 heavy (non-hydrogen) atoms. The van der Waals surface area contributed by atoms with Crippen LogP contribution in [0.25, 0.3) is 0 Å². The number of halogens is 2. The highest BCUT2D eigenvalue weighted by molar-refractivity contribution is 6.42. The van der Waals surface area contributed by atoms with E-state index in [0.29, 0.717) is 16.7 Å². The van der Waals surface area contributed by atoms with Crippen LogP contribution in [0.5, 0.6) is 5.75 Å². The maximum Gasteiger partial charge on any atom is 0.120 e. The largest absolute Gasteiger partial charge is 0.493 e. The van der Waals surface area contributed by atoms with Gasteiger partial charge in [-0.2, -0.15) is 0 Å². The van der Waals surface area contributed by atoms with E-state index in [-0.39, 0.29) is 0 Å². The first-order chi connectivity index (χ1) is 8.65. The number of hydrogen-bond acceptors (Lipinski definition) is 2. The summed E-state index contributed by atoms with van der Waals surface area (Å²) in [6.45, 7) is 0.585. The lowest BCUT2D eigenvalue weighted by Gasteiger charge is -2.07. The Hall–Kier alpha value is -1.38. The van der Waals surface area contributed by atoms with Crippen molar-refractivity contribution < 1.29 is 4.74 Å². The summed E-state index contributed by atoms with van der Waals surface area (Å²) in [6.07, 6.45) is 0.820. The standard InChI is InChI=1S/C14H13Cl2NO/c15-13-6-5-12(9-14(13)16)18-8-7-10-1-3-11(17)4-2-10/h1-6,9H,7-8,17H2. The van der Waals surface area contributed by atoms with Gasteiger partial charge in [0.25, 0.3) is 0 Å². The van der Waals surface area contributed by atoms with Gasteiger partial charge in [-0.1, -0.05) is 35.3 Å². The van der Waals surface area contributed by atoms with Crippen molar-refractivity contribution in [2.24, 2.45) is 0 Å². The average molecular weight is 282 g/mol. The van der Waals surface area contributed by atoms with E-state index in [1.165, 1.54) is 5.56 Å². The van der Waals surface area contributed by atoms with Crippen LogP contribution in [0.2, 0.25) is 10.0 Å². The lowest BCUT2D eigenvalue weighted by molar-refractivity contribution is 0.322. The molecule has 0 aliphatic heterocycles. The summed E-state index contributed by atoms with van der Waals surface area (Å²) in [5.41, 5.74) is 7.57. The van der Waals surface area contributed by atoms with Gasteiger partial charge in [-0.15, -0.1) is 0 Å². The number of anilines is 1. The second-order valence-electron chi connectivity index (χ2n) is 3.92. The highest BCUT2D eigenvalue weighted by Crippen LogP contribution is 2.26. The number of nitrogens with two attached hydrogens (primary N) is 1. The Labute approximate surface area is 116 Å². The highest BCUT2D eigenvalue weighted by Gasteiger charge is 2.00. The van der Waals surface area contributed by atoms with E-state index >= 15 is 0 Å². The predicted molar refractivity (Wildman–Crippen MR) is 76.5 cm³/mol. The Bertz CT molecular complexity index is 526. The molecule has 0 unspecified atom stereocenters. The Morgan fingerprint density at radius 1 is 0.944 bits per heavy atom. The fourth-order valence-corrected chi connectivity index (χ4v) is 1.83. The SMILES string of the molecule is Nc1ccc(CCOc2ccc(Cl)c(Cl)c2)cc1. The summed E-state index contributed by atoms with van der Waals surface area (Å²) in [6, 6.07) is 13.0. The van der Waals surface area contributed by atoms with E-state index in [0.717, 1.165) is 17.9 Å². The van der Waals surface area contributed by atoms with Gasteiger partial charge in [-0.05, 0) is 29.8 Å². The summed E-state index contributed by atoms with van der Waals surface area (Å²) in [5, 5.41) is 1.03. The van der Waals surface area contributed by atoms with Crippen molar-refractivity contribution in [2.75, 3.05) is 12.3 Å². The third kappa shape index (κ3) is 3.56. The quantitative estimate of drug-likeness (QED) is 0.853. The Kier molecular flexibility index (Phi) is 4.34. The van der Waals surface area contributed by atoms with Crippen molar-refractivity contribution in [1.29, 1.82) is 0 Å². The van der Waals surface area contributed by atoms with E-state index < -0.39 is 0 Å². The molecule has 2 nitrogen and oxygen atoms in total. The lowest BCUT2D eigenvalue weighted by atomic mass is 10.1. The second kappa shape index (κ2) is 5.98. The van der Waals surface area contributed by atoms with Crippen LogP contribution in [0, 0.1) is 0 Å². The molecule has 0 aliphatic carbocycles. The summed E-state index contributed by atoms with van der Waals surface area (Å²) >= 11 is 11.7. The maximum absolute atomic E-state index is 5.90. The molecule has 2 aromatic carbocycles. The van der Waals surface area contributed by atoms with Crippen LogP contribution in [0.15, 0.2) is 42.5 Å². The van der Waals surface area contributed by atoms with Gasteiger partial charge in [-0.25, -0.2) is 0 Å². The fraction of sp³-hybridized carbons (Fsp3) is 0.143. The molecular formula is C14H13Cl2NO. The maximum atomic E-state index is 5.90. The number of nitrogen functional groups attached to an aromatic ring is 1. The number of benzene rings is 2. The lowest BCUT2D eigenvalue weighted by Crippen LogP contribution is -2.01. The minimum atomic E-state index is 0.502. The van der Waals surface area contributed by atoms with E-state index in [9.17, 15) is 0 Å². The molecule has 0 saturated heterocycles. The van der Waals surface area contributed by atoms with Crippen LogP contribution in [-0.2, 0) is 6.42 Å². The molecule has 0 radical (unpaired) electrons. The van der Waals surface area contributed by atoms with Gasteiger partial charge in [0.1, 0.15) is 5.75 Å². The predicted octanol–water partition coefficient (Wildman–Crippen LogP) is 4.20.